The number of alkyl halides is 3. The van der Waals surface area contributed by atoms with Gasteiger partial charge >= 0.3 is 12.3 Å². The van der Waals surface area contributed by atoms with Gasteiger partial charge in [0.25, 0.3) is 0 Å². The monoisotopic (exact) mass is 334 g/mol. The number of ether oxygens (including phenoxy) is 1. The average Bonchev–Trinajstić information content (AvgIpc) is 2.41. The molecule has 1 amide bonds. The Kier molecular flexibility index (Phi) is 5.79. The van der Waals surface area contributed by atoms with Crippen LogP contribution < -0.4 is 5.32 Å². The lowest BCUT2D eigenvalue weighted by Crippen LogP contribution is -2.42. The third-order valence-corrected chi connectivity index (χ3v) is 2.88. The Morgan fingerprint density at radius 3 is 2.26 bits per heavy atom. The molecule has 1 atom stereocenters. The van der Waals surface area contributed by atoms with E-state index >= 15 is 0 Å². The van der Waals surface area contributed by atoms with Gasteiger partial charge in [-0.15, -0.1) is 0 Å². The molecule has 6 nitrogen and oxygen atoms in total. The van der Waals surface area contributed by atoms with Crippen molar-refractivity contribution >= 4 is 12.0 Å². The van der Waals surface area contributed by atoms with Crippen molar-refractivity contribution in [1.29, 1.82) is 0 Å². The summed E-state index contributed by atoms with van der Waals surface area (Å²) in [5.41, 5.74) is -1.52. The van der Waals surface area contributed by atoms with E-state index in [2.05, 4.69) is 15.3 Å². The van der Waals surface area contributed by atoms with Gasteiger partial charge in [-0.2, -0.15) is 13.2 Å². The zero-order valence-electron chi connectivity index (χ0n) is 13.7. The minimum Gasteiger partial charge on any atom is -0.444 e. The Bertz CT molecular complexity index is 526. The zero-order chi connectivity index (χ0) is 17.8. The quantitative estimate of drug-likeness (QED) is 0.916. The van der Waals surface area contributed by atoms with Gasteiger partial charge in [0.2, 0.25) is 5.95 Å². The van der Waals surface area contributed by atoms with Crippen molar-refractivity contribution in [2.45, 2.75) is 45.5 Å². The Morgan fingerprint density at radius 1 is 1.30 bits per heavy atom. The molecule has 0 aliphatic heterocycles. The molecule has 1 heterocycles. The van der Waals surface area contributed by atoms with E-state index in [1.54, 1.807) is 34.7 Å². The number of likely N-dealkylation sites (N-methyl/N-ethyl adjacent to an activating group) is 1. The molecule has 0 saturated carbocycles. The van der Waals surface area contributed by atoms with Gasteiger partial charge in [0, 0.05) is 32.0 Å². The van der Waals surface area contributed by atoms with Gasteiger partial charge in [-0.1, -0.05) is 0 Å². The number of aromatic nitrogens is 2. The van der Waals surface area contributed by atoms with E-state index in [1.807, 2.05) is 0 Å². The maximum absolute atomic E-state index is 12.4. The Hall–Kier alpha value is -2.06. The first kappa shape index (κ1) is 19.0. The lowest BCUT2D eigenvalue weighted by atomic mass is 10.2. The summed E-state index contributed by atoms with van der Waals surface area (Å²) in [7, 11) is 1.58. The first-order valence-electron chi connectivity index (χ1n) is 6.99. The molecule has 0 aromatic carbocycles. The van der Waals surface area contributed by atoms with Gasteiger partial charge < -0.3 is 15.0 Å². The molecule has 0 aliphatic carbocycles. The van der Waals surface area contributed by atoms with Crippen LogP contribution in [0, 0.1) is 0 Å². The van der Waals surface area contributed by atoms with E-state index in [9.17, 15) is 18.0 Å². The second-order valence-electron chi connectivity index (χ2n) is 6.11. The molecule has 0 unspecified atom stereocenters. The van der Waals surface area contributed by atoms with Gasteiger partial charge in [-0.25, -0.2) is 14.8 Å². The molecule has 0 bridgehead atoms. The standard InChI is InChI=1S/C14H21F3N4O2/c1-9(21(5)12(22)23-13(2,3)4)6-18-11-19-7-10(8-20-11)14(15,16)17/h7-9H,6H2,1-5H3,(H,18,19,20)/t9-/m0/s1. The van der Waals surface area contributed by atoms with Crippen molar-refractivity contribution in [1.82, 2.24) is 14.9 Å². The van der Waals surface area contributed by atoms with Crippen molar-refractivity contribution in [2.75, 3.05) is 18.9 Å². The molecular formula is C14H21F3N4O2. The Morgan fingerprint density at radius 2 is 1.83 bits per heavy atom. The number of hydrogen-bond acceptors (Lipinski definition) is 5. The highest BCUT2D eigenvalue weighted by Gasteiger charge is 2.31. The predicted octanol–water partition coefficient (Wildman–Crippen LogP) is 3.16. The minimum atomic E-state index is -4.47. The molecule has 23 heavy (non-hydrogen) atoms. The molecule has 9 heteroatoms. The molecule has 0 saturated heterocycles. The van der Waals surface area contributed by atoms with Gasteiger partial charge in [-0.3, -0.25) is 0 Å². The predicted molar refractivity (Wildman–Crippen MR) is 79.0 cm³/mol. The maximum Gasteiger partial charge on any atom is 0.419 e. The summed E-state index contributed by atoms with van der Waals surface area (Å²) in [6.07, 6.45) is -3.54. The average molecular weight is 334 g/mol. The van der Waals surface area contributed by atoms with E-state index in [0.717, 1.165) is 0 Å². The second-order valence-corrected chi connectivity index (χ2v) is 6.11. The van der Waals surface area contributed by atoms with Crippen LogP contribution in [0.4, 0.5) is 23.9 Å². The topological polar surface area (TPSA) is 67.4 Å². The molecule has 1 aromatic rings. The van der Waals surface area contributed by atoms with Crippen LogP contribution in [0.2, 0.25) is 0 Å². The first-order valence-corrected chi connectivity index (χ1v) is 6.99. The smallest absolute Gasteiger partial charge is 0.419 e. The van der Waals surface area contributed by atoms with Gasteiger partial charge in [0.15, 0.2) is 0 Å². The number of carbonyl (C=O) groups excluding carboxylic acids is 1. The normalized spacial score (nSPS) is 13.4. The maximum atomic E-state index is 12.4. The SMILES string of the molecule is C[C@@H](CNc1ncc(C(F)(F)F)cn1)N(C)C(=O)OC(C)(C)C. The number of nitrogens with one attached hydrogen (secondary N) is 1. The molecule has 0 radical (unpaired) electrons. The summed E-state index contributed by atoms with van der Waals surface area (Å²) >= 11 is 0. The zero-order valence-corrected chi connectivity index (χ0v) is 13.7. The fraction of sp³-hybridized carbons (Fsp3) is 0.643. The van der Waals surface area contributed by atoms with E-state index < -0.39 is 23.4 Å². The highest BCUT2D eigenvalue weighted by molar-refractivity contribution is 5.68. The minimum absolute atomic E-state index is 0.0578. The number of hydrogen-bond donors (Lipinski definition) is 1. The largest absolute Gasteiger partial charge is 0.444 e. The van der Waals surface area contributed by atoms with Crippen molar-refractivity contribution < 1.29 is 22.7 Å². The number of anilines is 1. The number of amides is 1. The van der Waals surface area contributed by atoms with Crippen LogP contribution in [-0.4, -0.2) is 46.2 Å². The first-order chi connectivity index (χ1) is 10.4. The fourth-order valence-corrected chi connectivity index (χ4v) is 1.46. The van der Waals surface area contributed by atoms with Crippen LogP contribution in [0.25, 0.3) is 0 Å². The third-order valence-electron chi connectivity index (χ3n) is 2.88. The van der Waals surface area contributed by atoms with Crippen molar-refractivity contribution in [3.8, 4) is 0 Å². The van der Waals surface area contributed by atoms with Crippen LogP contribution in [0.5, 0.6) is 0 Å². The van der Waals surface area contributed by atoms with E-state index in [4.69, 9.17) is 4.74 Å². The molecule has 1 rings (SSSR count). The molecule has 1 aromatic heterocycles. The van der Waals surface area contributed by atoms with Crippen LogP contribution in [0.3, 0.4) is 0 Å². The summed E-state index contributed by atoms with van der Waals surface area (Å²) in [6.45, 7) is 7.31. The van der Waals surface area contributed by atoms with Crippen LogP contribution in [0.15, 0.2) is 12.4 Å². The number of nitrogens with zero attached hydrogens (tertiary/aromatic N) is 3. The Labute approximate surface area is 133 Å². The highest BCUT2D eigenvalue weighted by Crippen LogP contribution is 2.27. The van der Waals surface area contributed by atoms with Gasteiger partial charge in [0.1, 0.15) is 5.60 Å². The Balaban J connectivity index is 2.55. The van der Waals surface area contributed by atoms with Crippen LogP contribution in [-0.2, 0) is 10.9 Å². The number of halogens is 3. The summed E-state index contributed by atoms with van der Waals surface area (Å²) in [5.74, 6) is 0.0578. The molecule has 0 fully saturated rings. The summed E-state index contributed by atoms with van der Waals surface area (Å²) in [4.78, 5) is 20.5. The lowest BCUT2D eigenvalue weighted by Gasteiger charge is -2.28. The van der Waals surface area contributed by atoms with Crippen molar-refractivity contribution in [2.24, 2.45) is 0 Å². The molecule has 0 aliphatic rings. The van der Waals surface area contributed by atoms with E-state index in [-0.39, 0.29) is 18.5 Å². The molecule has 1 N–H and O–H groups in total. The highest BCUT2D eigenvalue weighted by atomic mass is 19.4. The number of rotatable bonds is 4. The van der Waals surface area contributed by atoms with Crippen LogP contribution >= 0.6 is 0 Å². The molecule has 130 valence electrons. The lowest BCUT2D eigenvalue weighted by molar-refractivity contribution is -0.138. The van der Waals surface area contributed by atoms with Crippen molar-refractivity contribution in [3.05, 3.63) is 18.0 Å². The number of carbonyl (C=O) groups is 1. The molecular weight excluding hydrogens is 313 g/mol. The summed E-state index contributed by atoms with van der Waals surface area (Å²) < 4.78 is 42.4. The third kappa shape index (κ3) is 6.29. The van der Waals surface area contributed by atoms with Crippen LogP contribution in [0.1, 0.15) is 33.3 Å². The van der Waals surface area contributed by atoms with Gasteiger partial charge in [0.05, 0.1) is 5.56 Å². The second kappa shape index (κ2) is 7.01. The van der Waals surface area contributed by atoms with Gasteiger partial charge in [-0.05, 0) is 27.7 Å². The fourth-order valence-electron chi connectivity index (χ4n) is 1.46. The van der Waals surface area contributed by atoms with E-state index in [0.29, 0.717) is 12.4 Å². The van der Waals surface area contributed by atoms with E-state index in [1.165, 1.54) is 4.90 Å². The summed E-state index contributed by atoms with van der Waals surface area (Å²) in [6, 6.07) is -0.268. The molecule has 0 spiro atoms. The summed E-state index contributed by atoms with van der Waals surface area (Å²) in [5, 5.41) is 2.78. The van der Waals surface area contributed by atoms with Crippen molar-refractivity contribution in [3.63, 3.8) is 0 Å².